The summed E-state index contributed by atoms with van der Waals surface area (Å²) in [5, 5.41) is 11.7. The average Bonchev–Trinajstić information content (AvgIpc) is 3.24. The summed E-state index contributed by atoms with van der Waals surface area (Å²) in [4.78, 5) is 4.87. The second-order valence-electron chi connectivity index (χ2n) is 10.4. The monoisotopic (exact) mass is 500 g/mol. The van der Waals surface area contributed by atoms with Crippen LogP contribution >= 0.6 is 0 Å². The van der Waals surface area contributed by atoms with Crippen molar-refractivity contribution < 1.29 is 4.43 Å². The van der Waals surface area contributed by atoms with Gasteiger partial charge in [-0.25, -0.2) is 0 Å². The molecule has 0 saturated heterocycles. The lowest BCUT2D eigenvalue weighted by molar-refractivity contribution is 0.0895. The minimum atomic E-state index is -1.51. The molecule has 4 nitrogen and oxygen atoms in total. The van der Waals surface area contributed by atoms with Gasteiger partial charge in [0, 0.05) is 23.1 Å². The Morgan fingerprint density at radius 3 is 2.00 bits per heavy atom. The topological polar surface area (TPSA) is 50.8 Å². The Hall–Kier alpha value is -3.98. The third kappa shape index (κ3) is 5.13. The van der Waals surface area contributed by atoms with Crippen molar-refractivity contribution in [3.63, 3.8) is 0 Å². The third-order valence-corrected chi connectivity index (χ3v) is 8.70. The number of hydrogen-bond donors (Lipinski definition) is 0. The molecule has 1 radical (unpaired) electrons. The van der Waals surface area contributed by atoms with Crippen LogP contribution in [0.2, 0.25) is 0 Å². The number of aryl methyl sites for hydroxylation is 1. The van der Waals surface area contributed by atoms with Gasteiger partial charge < -0.3 is 8.99 Å². The normalized spacial score (nSPS) is 12.5. The maximum absolute atomic E-state index is 9.22. The molecule has 0 bridgehead atoms. The Morgan fingerprint density at radius 2 is 1.46 bits per heavy atom. The van der Waals surface area contributed by atoms with E-state index in [9.17, 15) is 5.26 Å². The summed E-state index contributed by atoms with van der Waals surface area (Å²) in [6.07, 6.45) is 1.80. The van der Waals surface area contributed by atoms with Crippen molar-refractivity contribution in [2.75, 3.05) is 0 Å². The summed E-state index contributed by atoms with van der Waals surface area (Å²) in [5.74, 6) is 0. The minimum absolute atomic E-state index is 0.157. The smallest absolute Gasteiger partial charge is 0.283 e. The second kappa shape index (κ2) is 10.2. The molecule has 1 unspecified atom stereocenters. The van der Waals surface area contributed by atoms with Crippen molar-refractivity contribution in [2.24, 2.45) is 5.41 Å². The standard InChI is InChI=1S/C32H30N3OSi/c1-23-19-29-30(35(23)26-17-15-24(21-33)16-18-26)20-25(22-34-29)31(32(2,3)4)36-37(27-11-7-5-8-12-27)28-13-9-6-10-14-28/h5-20,22,31H,1-4H3. The molecule has 0 amide bonds. The van der Waals surface area contributed by atoms with Gasteiger partial charge in [-0.15, -0.1) is 0 Å². The quantitative estimate of drug-likeness (QED) is 0.264. The largest absolute Gasteiger partial charge is 0.400 e. The molecular weight excluding hydrogens is 470 g/mol. The van der Waals surface area contributed by atoms with E-state index in [0.717, 1.165) is 28.0 Å². The SMILES string of the molecule is Cc1cc2ncc(C(O[Si](c3ccccc3)c3ccccc3)C(C)(C)C)cc2n1-c1ccc(C#N)cc1. The Morgan fingerprint density at radius 1 is 0.865 bits per heavy atom. The molecule has 5 heteroatoms. The lowest BCUT2D eigenvalue weighted by Gasteiger charge is -2.34. The first-order valence-electron chi connectivity index (χ1n) is 12.5. The highest BCUT2D eigenvalue weighted by molar-refractivity contribution is 6.80. The summed E-state index contributed by atoms with van der Waals surface area (Å²) in [6, 6.07) is 35.3. The first kappa shape index (κ1) is 24.7. The summed E-state index contributed by atoms with van der Waals surface area (Å²) in [7, 11) is -1.51. The third-order valence-electron chi connectivity index (χ3n) is 6.51. The molecule has 0 aliphatic heterocycles. The van der Waals surface area contributed by atoms with Crippen molar-refractivity contribution in [3.05, 3.63) is 120 Å². The van der Waals surface area contributed by atoms with Crippen LogP contribution in [0.3, 0.4) is 0 Å². The number of hydrogen-bond acceptors (Lipinski definition) is 3. The fourth-order valence-corrected chi connectivity index (χ4v) is 7.06. The van der Waals surface area contributed by atoms with E-state index in [-0.39, 0.29) is 11.5 Å². The number of rotatable bonds is 6. The first-order valence-corrected chi connectivity index (χ1v) is 13.9. The van der Waals surface area contributed by atoms with Gasteiger partial charge in [0.05, 0.1) is 28.8 Å². The van der Waals surface area contributed by atoms with Gasteiger partial charge in [-0.3, -0.25) is 4.98 Å². The number of pyridine rings is 1. The number of benzene rings is 3. The van der Waals surface area contributed by atoms with E-state index in [1.165, 1.54) is 10.4 Å². The molecule has 0 saturated carbocycles. The summed E-state index contributed by atoms with van der Waals surface area (Å²) in [6.45, 7) is 8.76. The van der Waals surface area contributed by atoms with Crippen molar-refractivity contribution >= 4 is 30.4 Å². The molecule has 0 N–H and O–H groups in total. The first-order chi connectivity index (χ1) is 17.8. The molecule has 2 heterocycles. The van der Waals surface area contributed by atoms with Crippen LogP contribution in [0.1, 0.15) is 43.7 Å². The zero-order valence-electron chi connectivity index (χ0n) is 21.6. The van der Waals surface area contributed by atoms with E-state index in [2.05, 4.69) is 99.0 Å². The van der Waals surface area contributed by atoms with E-state index in [1.54, 1.807) is 0 Å². The highest BCUT2D eigenvalue weighted by Gasteiger charge is 2.33. The molecule has 0 fully saturated rings. The fraction of sp³-hybridized carbons (Fsp3) is 0.188. The molecule has 0 spiro atoms. The summed E-state index contributed by atoms with van der Waals surface area (Å²) in [5.41, 5.74) is 5.63. The van der Waals surface area contributed by atoms with Gasteiger partial charge in [-0.1, -0.05) is 81.4 Å². The van der Waals surface area contributed by atoms with E-state index in [0.29, 0.717) is 5.56 Å². The molecule has 37 heavy (non-hydrogen) atoms. The fourth-order valence-electron chi connectivity index (χ4n) is 4.74. The number of aromatic nitrogens is 2. The van der Waals surface area contributed by atoms with Crippen molar-refractivity contribution in [1.29, 1.82) is 5.26 Å². The molecule has 5 rings (SSSR count). The maximum Gasteiger partial charge on any atom is 0.283 e. The number of nitriles is 1. The van der Waals surface area contributed by atoms with Crippen molar-refractivity contribution in [3.8, 4) is 11.8 Å². The molecule has 3 aromatic carbocycles. The van der Waals surface area contributed by atoms with Gasteiger partial charge in [0.2, 0.25) is 0 Å². The molecule has 183 valence electrons. The molecule has 1 atom stereocenters. The van der Waals surface area contributed by atoms with Crippen LogP contribution in [0, 0.1) is 23.7 Å². The molecule has 0 aliphatic rings. The Bertz CT molecular complexity index is 1510. The Labute approximate surface area is 220 Å². The molecule has 0 aliphatic carbocycles. The zero-order valence-corrected chi connectivity index (χ0v) is 22.6. The minimum Gasteiger partial charge on any atom is -0.400 e. The van der Waals surface area contributed by atoms with Crippen LogP contribution in [0.25, 0.3) is 16.7 Å². The van der Waals surface area contributed by atoms with Gasteiger partial charge in [0.1, 0.15) is 0 Å². The van der Waals surface area contributed by atoms with Gasteiger partial charge in [0.25, 0.3) is 9.04 Å². The Balaban J connectivity index is 1.61. The number of nitrogens with zero attached hydrogens (tertiary/aromatic N) is 3. The predicted molar refractivity (Wildman–Crippen MR) is 152 cm³/mol. The second-order valence-corrected chi connectivity index (χ2v) is 12.4. The van der Waals surface area contributed by atoms with E-state index >= 15 is 0 Å². The van der Waals surface area contributed by atoms with Crippen LogP contribution in [0.5, 0.6) is 0 Å². The van der Waals surface area contributed by atoms with Gasteiger partial charge in [-0.05, 0) is 59.1 Å². The maximum atomic E-state index is 9.22. The van der Waals surface area contributed by atoms with Crippen LogP contribution in [-0.2, 0) is 4.43 Å². The van der Waals surface area contributed by atoms with Gasteiger partial charge >= 0.3 is 0 Å². The highest BCUT2D eigenvalue weighted by atomic mass is 28.3. The van der Waals surface area contributed by atoms with Gasteiger partial charge in [0.15, 0.2) is 0 Å². The zero-order chi connectivity index (χ0) is 26.0. The van der Waals surface area contributed by atoms with Gasteiger partial charge in [-0.2, -0.15) is 5.26 Å². The highest BCUT2D eigenvalue weighted by Crippen LogP contribution is 2.38. The van der Waals surface area contributed by atoms with Crippen LogP contribution in [-0.4, -0.2) is 18.6 Å². The van der Waals surface area contributed by atoms with Crippen molar-refractivity contribution in [2.45, 2.75) is 33.8 Å². The molecule has 2 aromatic heterocycles. The van der Waals surface area contributed by atoms with Crippen LogP contribution in [0.15, 0.2) is 103 Å². The van der Waals surface area contributed by atoms with E-state index in [4.69, 9.17) is 9.41 Å². The molecular formula is C32H30N3OSi. The lowest BCUT2D eigenvalue weighted by Crippen LogP contribution is -2.47. The molecule has 5 aromatic rings. The van der Waals surface area contributed by atoms with Crippen LogP contribution < -0.4 is 10.4 Å². The average molecular weight is 501 g/mol. The number of fused-ring (bicyclic) bond motifs is 1. The van der Waals surface area contributed by atoms with E-state index in [1.807, 2.05) is 42.6 Å². The summed E-state index contributed by atoms with van der Waals surface area (Å²) < 4.78 is 9.32. The predicted octanol–water partition coefficient (Wildman–Crippen LogP) is 6.12. The van der Waals surface area contributed by atoms with Crippen LogP contribution in [0.4, 0.5) is 0 Å². The summed E-state index contributed by atoms with van der Waals surface area (Å²) >= 11 is 0. The lowest BCUT2D eigenvalue weighted by atomic mass is 9.85. The van der Waals surface area contributed by atoms with Crippen molar-refractivity contribution in [1.82, 2.24) is 9.55 Å². The van der Waals surface area contributed by atoms with E-state index < -0.39 is 9.04 Å². The Kier molecular flexibility index (Phi) is 6.79.